The van der Waals surface area contributed by atoms with Crippen molar-refractivity contribution >= 4 is 11.9 Å². The molecule has 1 heterocycles. The van der Waals surface area contributed by atoms with Gasteiger partial charge in [-0.3, -0.25) is 4.79 Å². The van der Waals surface area contributed by atoms with Gasteiger partial charge in [0, 0.05) is 19.6 Å². The Hall–Kier alpha value is -2.48. The van der Waals surface area contributed by atoms with Crippen molar-refractivity contribution in [3.05, 3.63) is 35.4 Å². The Labute approximate surface area is 131 Å². The summed E-state index contributed by atoms with van der Waals surface area (Å²) in [7, 11) is 0. The fraction of sp³-hybridized carbons (Fsp3) is 0.412. The molecule has 0 saturated heterocycles. The summed E-state index contributed by atoms with van der Waals surface area (Å²) in [6.07, 6.45) is 6.12. The van der Waals surface area contributed by atoms with Crippen LogP contribution in [0.1, 0.15) is 18.1 Å². The highest BCUT2D eigenvalue weighted by Gasteiger charge is 2.19. The van der Waals surface area contributed by atoms with Gasteiger partial charge in [-0.05, 0) is 24.5 Å². The Kier molecular flexibility index (Phi) is 5.84. The Balaban J connectivity index is 1.93. The number of rotatable bonds is 4. The summed E-state index contributed by atoms with van der Waals surface area (Å²) in [5, 5.41) is 6.04. The molecule has 0 aliphatic carbocycles. The number of nitrogens with zero attached hydrogens (tertiary/aromatic N) is 2. The second-order valence-electron chi connectivity index (χ2n) is 5.09. The fourth-order valence-electron chi connectivity index (χ4n) is 2.43. The van der Waals surface area contributed by atoms with Gasteiger partial charge in [-0.25, -0.2) is 4.99 Å². The van der Waals surface area contributed by atoms with Crippen LogP contribution in [0, 0.1) is 12.3 Å². The third kappa shape index (κ3) is 4.26. The molecule has 0 unspecified atom stereocenters. The van der Waals surface area contributed by atoms with Gasteiger partial charge in [0.2, 0.25) is 5.91 Å². The molecule has 0 aromatic heterocycles. The number of aliphatic imine (C=N–C) groups is 1. The zero-order valence-electron chi connectivity index (χ0n) is 12.9. The number of benzene rings is 1. The zero-order valence-corrected chi connectivity index (χ0v) is 12.9. The second-order valence-corrected chi connectivity index (χ2v) is 5.09. The molecule has 2 rings (SSSR count). The van der Waals surface area contributed by atoms with Crippen LogP contribution in [0.4, 0.5) is 0 Å². The number of amides is 1. The van der Waals surface area contributed by atoms with Gasteiger partial charge in [0.25, 0.3) is 0 Å². The van der Waals surface area contributed by atoms with Crippen LogP contribution in [0.15, 0.2) is 29.3 Å². The number of carbonyl (C=O) groups is 1. The summed E-state index contributed by atoms with van der Waals surface area (Å²) < 4.78 is 0. The fourth-order valence-corrected chi connectivity index (χ4v) is 2.43. The first-order chi connectivity index (χ1) is 10.7. The zero-order chi connectivity index (χ0) is 15.8. The predicted molar refractivity (Wildman–Crippen MR) is 88.4 cm³/mol. The largest absolute Gasteiger partial charge is 0.357 e. The van der Waals surface area contributed by atoms with Crippen molar-refractivity contribution in [3.63, 3.8) is 0 Å². The van der Waals surface area contributed by atoms with Gasteiger partial charge in [-0.15, -0.1) is 6.42 Å². The number of guanidine groups is 1. The molecule has 1 aromatic carbocycles. The topological polar surface area (TPSA) is 56.7 Å². The molecule has 0 spiro atoms. The Morgan fingerprint density at radius 3 is 2.86 bits per heavy atom. The lowest BCUT2D eigenvalue weighted by atomic mass is 10.00. The van der Waals surface area contributed by atoms with Crippen molar-refractivity contribution < 1.29 is 4.79 Å². The van der Waals surface area contributed by atoms with Crippen LogP contribution >= 0.6 is 0 Å². The van der Waals surface area contributed by atoms with E-state index in [9.17, 15) is 4.79 Å². The molecule has 5 heteroatoms. The molecular weight excluding hydrogens is 276 g/mol. The van der Waals surface area contributed by atoms with Gasteiger partial charge in [-0.2, -0.15) is 0 Å². The normalized spacial score (nSPS) is 14.0. The molecule has 5 nitrogen and oxygen atoms in total. The van der Waals surface area contributed by atoms with E-state index in [1.807, 2.05) is 24.0 Å². The summed E-state index contributed by atoms with van der Waals surface area (Å²) in [6, 6.07) is 8.26. The van der Waals surface area contributed by atoms with Crippen LogP contribution in [-0.4, -0.2) is 42.9 Å². The van der Waals surface area contributed by atoms with Gasteiger partial charge in [0.15, 0.2) is 5.96 Å². The number of hydrogen-bond donors (Lipinski definition) is 2. The summed E-state index contributed by atoms with van der Waals surface area (Å²) in [4.78, 5) is 18.5. The van der Waals surface area contributed by atoms with Gasteiger partial charge in [0.1, 0.15) is 6.54 Å². The Morgan fingerprint density at radius 1 is 1.36 bits per heavy atom. The molecule has 0 atom stereocenters. The number of carbonyl (C=O) groups excluding carboxylic acids is 1. The summed E-state index contributed by atoms with van der Waals surface area (Å²) in [6.45, 7) is 4.62. The molecule has 116 valence electrons. The van der Waals surface area contributed by atoms with Crippen molar-refractivity contribution in [3.8, 4) is 12.3 Å². The van der Waals surface area contributed by atoms with Crippen molar-refractivity contribution in [2.45, 2.75) is 19.9 Å². The molecule has 1 amide bonds. The van der Waals surface area contributed by atoms with Gasteiger partial charge in [0.05, 0.1) is 6.54 Å². The van der Waals surface area contributed by atoms with E-state index in [2.05, 4.69) is 33.7 Å². The SMILES string of the molecule is C#CCNC(=NCC(=O)N1CCc2ccccc2C1)NCC. The van der Waals surface area contributed by atoms with Crippen molar-refractivity contribution in [2.24, 2.45) is 4.99 Å². The molecule has 0 fully saturated rings. The average Bonchev–Trinajstić information content (AvgIpc) is 2.56. The smallest absolute Gasteiger partial charge is 0.244 e. The second kappa shape index (κ2) is 8.08. The quantitative estimate of drug-likeness (QED) is 0.490. The lowest BCUT2D eigenvalue weighted by Crippen LogP contribution is -2.40. The molecule has 1 aliphatic heterocycles. The maximum Gasteiger partial charge on any atom is 0.244 e. The highest BCUT2D eigenvalue weighted by atomic mass is 16.2. The van der Waals surface area contributed by atoms with Crippen LogP contribution < -0.4 is 10.6 Å². The van der Waals surface area contributed by atoms with Crippen LogP contribution in [0.3, 0.4) is 0 Å². The van der Waals surface area contributed by atoms with E-state index in [4.69, 9.17) is 6.42 Å². The van der Waals surface area contributed by atoms with Gasteiger partial charge in [-0.1, -0.05) is 30.2 Å². The summed E-state index contributed by atoms with van der Waals surface area (Å²) >= 11 is 0. The van der Waals surface area contributed by atoms with E-state index in [1.54, 1.807) is 0 Å². The molecule has 1 aromatic rings. The molecule has 2 N–H and O–H groups in total. The molecule has 0 radical (unpaired) electrons. The minimum atomic E-state index is 0.0346. The predicted octanol–water partition coefficient (Wildman–Crippen LogP) is 0.760. The maximum absolute atomic E-state index is 12.3. The maximum atomic E-state index is 12.3. The lowest BCUT2D eigenvalue weighted by molar-refractivity contribution is -0.130. The van der Waals surface area contributed by atoms with E-state index in [0.717, 1.165) is 19.5 Å². The van der Waals surface area contributed by atoms with Gasteiger partial charge >= 0.3 is 0 Å². The summed E-state index contributed by atoms with van der Waals surface area (Å²) in [5.74, 6) is 3.10. The first-order valence-corrected chi connectivity index (χ1v) is 7.54. The number of fused-ring (bicyclic) bond motifs is 1. The van der Waals surface area contributed by atoms with Gasteiger partial charge < -0.3 is 15.5 Å². The Bertz CT molecular complexity index is 589. The first-order valence-electron chi connectivity index (χ1n) is 7.54. The monoisotopic (exact) mass is 298 g/mol. The third-order valence-electron chi connectivity index (χ3n) is 3.56. The highest BCUT2D eigenvalue weighted by Crippen LogP contribution is 2.18. The lowest BCUT2D eigenvalue weighted by Gasteiger charge is -2.28. The van der Waals surface area contributed by atoms with Crippen molar-refractivity contribution in [2.75, 3.05) is 26.2 Å². The standard InChI is InChI=1S/C17H22N4O/c1-3-10-19-17(18-4-2)20-12-16(22)21-11-9-14-7-5-6-8-15(14)13-21/h1,5-8H,4,9-13H2,2H3,(H2,18,19,20). The highest BCUT2D eigenvalue weighted by molar-refractivity contribution is 5.85. The van der Waals surface area contributed by atoms with E-state index < -0.39 is 0 Å². The van der Waals surface area contributed by atoms with Crippen molar-refractivity contribution in [1.29, 1.82) is 0 Å². The number of terminal acetylenes is 1. The number of hydrogen-bond acceptors (Lipinski definition) is 2. The van der Waals surface area contributed by atoms with E-state index in [-0.39, 0.29) is 12.5 Å². The Morgan fingerprint density at radius 2 is 2.14 bits per heavy atom. The minimum Gasteiger partial charge on any atom is -0.357 e. The van der Waals surface area contributed by atoms with Crippen LogP contribution in [-0.2, 0) is 17.8 Å². The van der Waals surface area contributed by atoms with Crippen molar-refractivity contribution in [1.82, 2.24) is 15.5 Å². The van der Waals surface area contributed by atoms with E-state index >= 15 is 0 Å². The van der Waals surface area contributed by atoms with Crippen LogP contribution in [0.2, 0.25) is 0 Å². The van der Waals surface area contributed by atoms with Crippen LogP contribution in [0.25, 0.3) is 0 Å². The van der Waals surface area contributed by atoms with E-state index in [1.165, 1.54) is 11.1 Å². The molecular formula is C17H22N4O. The first kappa shape index (κ1) is 15.9. The third-order valence-corrected chi connectivity index (χ3v) is 3.56. The average molecular weight is 298 g/mol. The molecule has 22 heavy (non-hydrogen) atoms. The number of nitrogens with one attached hydrogen (secondary N) is 2. The minimum absolute atomic E-state index is 0.0346. The van der Waals surface area contributed by atoms with Crippen LogP contribution in [0.5, 0.6) is 0 Å². The molecule has 0 bridgehead atoms. The van der Waals surface area contributed by atoms with E-state index in [0.29, 0.717) is 19.0 Å². The summed E-state index contributed by atoms with van der Waals surface area (Å²) in [5.41, 5.74) is 2.56. The molecule has 0 saturated carbocycles. The molecule has 1 aliphatic rings.